The van der Waals surface area contributed by atoms with Gasteiger partial charge in [-0.25, -0.2) is 34.4 Å². The number of amides is 7. The van der Waals surface area contributed by atoms with E-state index in [4.69, 9.17) is 42.7 Å². The highest BCUT2D eigenvalue weighted by Crippen LogP contribution is 2.41. The molecule has 4 bridgehead atoms. The number of aromatic nitrogens is 9. The van der Waals surface area contributed by atoms with E-state index in [1.807, 2.05) is 21.3 Å². The van der Waals surface area contributed by atoms with Crippen LogP contribution in [0.5, 0.6) is 34.5 Å². The molecule has 0 saturated carbocycles. The summed E-state index contributed by atoms with van der Waals surface area (Å²) in [5, 5.41) is 15.9. The van der Waals surface area contributed by atoms with Gasteiger partial charge in [-0.15, -0.1) is 0 Å². The molecule has 572 valence electrons. The molecule has 5 atom stereocenters. The van der Waals surface area contributed by atoms with Crippen LogP contribution >= 0.6 is 0 Å². The van der Waals surface area contributed by atoms with Gasteiger partial charge < -0.3 is 69.0 Å². The second kappa shape index (κ2) is 31.8. The lowest BCUT2D eigenvalue weighted by atomic mass is 10.1. The van der Waals surface area contributed by atoms with Gasteiger partial charge in [-0.1, -0.05) is 0 Å². The SMILES string of the molecule is COc1c(OC(=O)N[C@H]2CN(OC)C2=O)ccc2c3n(c(=NC(=O)c4cccnc4)nc12)CCN3.COc1c(OCCCC(=O)N2C[C@@H]3C[C@H]2C(=O)O3)ccc2c3n(c(=NC(=O)c4cccnc4)nc12)CCN3.COc1c(OCCCC(=O)N2C[C@H]3C[C@@H]2C(=O)O3)ccc2c3n(c(=NC(=O)c4cccnc4)nc12)CCN3. The van der Waals surface area contributed by atoms with Crippen LogP contribution in [-0.4, -0.2) is 223 Å². The first kappa shape index (κ1) is 73.1. The number of benzene rings is 3. The second-order valence-electron chi connectivity index (χ2n) is 26.3. The van der Waals surface area contributed by atoms with Crippen LogP contribution in [0, 0.1) is 0 Å². The zero-order chi connectivity index (χ0) is 77.0. The van der Waals surface area contributed by atoms with E-state index in [1.54, 1.807) is 93.6 Å². The summed E-state index contributed by atoms with van der Waals surface area (Å²) < 4.78 is 50.1. The maximum atomic E-state index is 12.8. The average molecular weight is 1520 g/mol. The van der Waals surface area contributed by atoms with Crippen LogP contribution in [0.4, 0.5) is 22.2 Å². The van der Waals surface area contributed by atoms with Gasteiger partial charge in [0.05, 0.1) is 78.0 Å². The van der Waals surface area contributed by atoms with Crippen LogP contribution in [0.25, 0.3) is 32.7 Å². The van der Waals surface area contributed by atoms with Gasteiger partial charge >= 0.3 is 18.0 Å². The molecule has 7 amide bonds. The number of carbonyl (C=O) groups excluding carboxylic acids is 9. The molecule has 0 unspecified atom stereocenters. The number of hydrogen-bond donors (Lipinski definition) is 4. The lowest BCUT2D eigenvalue weighted by molar-refractivity contribution is -0.202. The highest BCUT2D eigenvalue weighted by atomic mass is 16.7. The Kier molecular flexibility index (Phi) is 20.9. The topological polar surface area (TPSA) is 424 Å². The molecular formula is C74H73N19O18. The summed E-state index contributed by atoms with van der Waals surface area (Å²) in [6.45, 7) is 5.46. The third kappa shape index (κ3) is 14.8. The number of hydrogen-bond acceptors (Lipinski definition) is 27. The lowest BCUT2D eigenvalue weighted by Gasteiger charge is -2.35. The molecule has 8 aliphatic rings. The van der Waals surface area contributed by atoms with E-state index < -0.39 is 41.9 Å². The van der Waals surface area contributed by atoms with Crippen molar-refractivity contribution in [1.29, 1.82) is 0 Å². The highest BCUT2D eigenvalue weighted by molar-refractivity contribution is 6.00. The van der Waals surface area contributed by atoms with Gasteiger partial charge in [-0.3, -0.25) is 62.3 Å². The Labute approximate surface area is 629 Å². The molecule has 0 spiro atoms. The third-order valence-electron chi connectivity index (χ3n) is 19.5. The number of methoxy groups -OCH3 is 3. The van der Waals surface area contributed by atoms with Crippen LogP contribution in [-0.2, 0) is 57.9 Å². The van der Waals surface area contributed by atoms with Crippen LogP contribution < -0.4 is 66.5 Å². The summed E-state index contributed by atoms with van der Waals surface area (Å²) in [6.07, 6.45) is 10.6. The third-order valence-corrected chi connectivity index (χ3v) is 19.5. The van der Waals surface area contributed by atoms with Crippen molar-refractivity contribution in [2.45, 2.75) is 88.5 Å². The van der Waals surface area contributed by atoms with Crippen molar-refractivity contribution in [3.8, 4) is 34.5 Å². The smallest absolute Gasteiger partial charge is 0.413 e. The van der Waals surface area contributed by atoms with Crippen LogP contribution in [0.2, 0.25) is 0 Å². The van der Waals surface area contributed by atoms with Gasteiger partial charge in [0.15, 0.2) is 34.5 Å². The molecule has 0 aliphatic carbocycles. The number of nitrogens with zero attached hydrogens (tertiary/aromatic N) is 15. The molecule has 4 N–H and O–H groups in total. The molecule has 9 aromatic rings. The molecule has 3 aromatic carbocycles. The maximum Gasteiger partial charge on any atom is 0.413 e. The zero-order valence-electron chi connectivity index (χ0n) is 60.4. The minimum atomic E-state index is -0.831. The lowest BCUT2D eigenvalue weighted by Crippen LogP contribution is -2.63. The molecule has 37 heteroatoms. The molecule has 8 aliphatic heterocycles. The summed E-state index contributed by atoms with van der Waals surface area (Å²) in [5.74, 6) is 1.80. The summed E-state index contributed by atoms with van der Waals surface area (Å²) in [5.41, 5.74) is 3.10. The number of esters is 2. The Hall–Kier alpha value is -13.5. The minimum absolute atomic E-state index is 0.0758. The Balaban J connectivity index is 0.000000132. The number of morpholine rings is 2. The molecule has 6 aromatic heterocycles. The number of likely N-dealkylation sites (tertiary alicyclic amines) is 2. The molecule has 14 heterocycles. The van der Waals surface area contributed by atoms with E-state index in [9.17, 15) is 43.2 Å². The number of carbonyl (C=O) groups is 9. The van der Waals surface area contributed by atoms with Crippen molar-refractivity contribution < 1.29 is 85.9 Å². The standard InChI is InChI=1S/2C26H26N6O6.C22H21N7O6/c2*1-36-22-19(37-11-3-5-20(33)32-14-16-12-18(32)25(35)38-16)7-6-17-21(22)29-26(31-10-9-28-23(17)31)30-24(34)15-4-2-8-27-13-15;1-33-17-15(35-22(32)25-14-11-29(34-2)20(14)31)6-5-13-16(17)26-21(28-9-8-24-18(13)28)27-19(30)12-4-3-7-23-10-12/h2*2,4,6-8,13,16,18,28H,3,5,9-12,14H2,1H3;3-7,10,14,24H,8-9,11H2,1-2H3,(H,25,32)/t2*16-,18-;14-/m100/s1. The van der Waals surface area contributed by atoms with Crippen LogP contribution in [0.3, 0.4) is 0 Å². The van der Waals surface area contributed by atoms with Gasteiger partial charge in [0.2, 0.25) is 28.7 Å². The number of ether oxygens (including phenoxy) is 8. The predicted octanol–water partition coefficient (Wildman–Crippen LogP) is 3.05. The molecule has 17 rings (SSSR count). The Morgan fingerprint density at radius 1 is 0.514 bits per heavy atom. The van der Waals surface area contributed by atoms with E-state index >= 15 is 0 Å². The van der Waals surface area contributed by atoms with Gasteiger partial charge in [0, 0.05) is 118 Å². The first-order valence-electron chi connectivity index (χ1n) is 35.7. The molecule has 5 fully saturated rings. The van der Waals surface area contributed by atoms with Gasteiger partial charge in [-0.05, 0) is 85.6 Å². The second-order valence-corrected chi connectivity index (χ2v) is 26.3. The minimum Gasteiger partial charge on any atom is -0.491 e. The first-order valence-corrected chi connectivity index (χ1v) is 35.7. The first-order chi connectivity index (χ1) is 54.1. The summed E-state index contributed by atoms with van der Waals surface area (Å²) >= 11 is 0. The number of pyridine rings is 3. The number of nitrogens with one attached hydrogen (secondary N) is 4. The Bertz CT molecular complexity index is 5240. The van der Waals surface area contributed by atoms with Gasteiger partial charge in [-0.2, -0.15) is 15.0 Å². The zero-order valence-corrected chi connectivity index (χ0v) is 60.4. The predicted molar refractivity (Wildman–Crippen MR) is 388 cm³/mol. The van der Waals surface area contributed by atoms with Crippen molar-refractivity contribution in [1.82, 2.24) is 63.8 Å². The van der Waals surface area contributed by atoms with Gasteiger partial charge in [0.1, 0.15) is 64.3 Å². The summed E-state index contributed by atoms with van der Waals surface area (Å²) in [6, 6.07) is 19.0. The molecule has 111 heavy (non-hydrogen) atoms. The van der Waals surface area contributed by atoms with Crippen molar-refractivity contribution >= 4 is 104 Å². The highest BCUT2D eigenvalue weighted by Gasteiger charge is 2.49. The molecular weight excluding hydrogens is 1440 g/mol. The number of rotatable bonds is 19. The normalized spacial score (nSPS) is 19.0. The van der Waals surface area contributed by atoms with E-state index in [0.29, 0.717) is 145 Å². The molecule has 5 saturated heterocycles. The van der Waals surface area contributed by atoms with Crippen molar-refractivity contribution in [3.05, 3.63) is 144 Å². The molecule has 0 radical (unpaired) electrons. The number of anilines is 3. The average Bonchev–Trinajstić information content (AvgIpc) is 1.61. The number of β-lactam (4-membered cyclic amide) rings is 1. The van der Waals surface area contributed by atoms with Crippen molar-refractivity contribution in [2.75, 3.05) is 96.9 Å². The summed E-state index contributed by atoms with van der Waals surface area (Å²) in [4.78, 5) is 158. The Morgan fingerprint density at radius 2 is 0.901 bits per heavy atom. The maximum absolute atomic E-state index is 12.8. The monoisotopic (exact) mass is 1520 g/mol. The van der Waals surface area contributed by atoms with Crippen LogP contribution in [0.15, 0.2) is 125 Å². The van der Waals surface area contributed by atoms with Gasteiger partial charge in [0.25, 0.3) is 23.6 Å². The van der Waals surface area contributed by atoms with E-state index in [0.717, 1.165) is 27.5 Å². The fraction of sp³-hybridized carbons (Fsp3) is 0.351. The number of fused-ring (bicyclic) bond motifs is 13. The number of hydroxylamine groups is 2. The van der Waals surface area contributed by atoms with E-state index in [-0.39, 0.29) is 103 Å². The van der Waals surface area contributed by atoms with Crippen molar-refractivity contribution in [2.24, 2.45) is 15.0 Å². The summed E-state index contributed by atoms with van der Waals surface area (Å²) in [7, 11) is 5.84. The molecule has 37 nitrogen and oxygen atoms in total. The van der Waals surface area contributed by atoms with Crippen molar-refractivity contribution in [3.63, 3.8) is 0 Å². The van der Waals surface area contributed by atoms with E-state index in [1.165, 1.54) is 47.0 Å². The Morgan fingerprint density at radius 3 is 1.24 bits per heavy atom. The largest absolute Gasteiger partial charge is 0.491 e. The fourth-order valence-electron chi connectivity index (χ4n) is 14.2. The fourth-order valence-corrected chi connectivity index (χ4v) is 14.2. The van der Waals surface area contributed by atoms with E-state index in [2.05, 4.69) is 66.1 Å². The van der Waals surface area contributed by atoms with Crippen LogP contribution in [0.1, 0.15) is 69.6 Å². The quantitative estimate of drug-likeness (QED) is 0.0513.